The number of rotatable bonds is 11. The number of benzene rings is 2. The molecule has 0 aliphatic rings. The highest BCUT2D eigenvalue weighted by molar-refractivity contribution is 7.99. The number of hydrogen-bond acceptors (Lipinski definition) is 7. The van der Waals surface area contributed by atoms with Crippen LogP contribution in [0.15, 0.2) is 60.2 Å². The molecule has 0 unspecified atom stereocenters. The summed E-state index contributed by atoms with van der Waals surface area (Å²) in [6.45, 7) is 3.97. The first-order chi connectivity index (χ1) is 14.0. The van der Waals surface area contributed by atoms with Gasteiger partial charge in [0.1, 0.15) is 6.61 Å². The third kappa shape index (κ3) is 7.30. The number of nitro benzene ring substituents is 1. The predicted octanol–water partition coefficient (Wildman–Crippen LogP) is 3.55. The maximum Gasteiger partial charge on any atom is 0.269 e. The highest BCUT2D eigenvalue weighted by Gasteiger charge is 2.07. The minimum atomic E-state index is -0.442. The van der Waals surface area contributed by atoms with Gasteiger partial charge in [-0.3, -0.25) is 14.9 Å². The van der Waals surface area contributed by atoms with Crippen LogP contribution < -0.4 is 14.9 Å². The minimum absolute atomic E-state index is 0.0356. The van der Waals surface area contributed by atoms with Gasteiger partial charge in [-0.2, -0.15) is 5.10 Å². The van der Waals surface area contributed by atoms with Gasteiger partial charge < -0.3 is 9.47 Å². The number of hydrogen-bond donors (Lipinski definition) is 1. The van der Waals surface area contributed by atoms with Crippen LogP contribution in [0.25, 0.3) is 0 Å². The van der Waals surface area contributed by atoms with Crippen molar-refractivity contribution in [3.05, 3.63) is 76.4 Å². The van der Waals surface area contributed by atoms with Crippen LogP contribution in [-0.4, -0.2) is 36.5 Å². The molecule has 0 atom stereocenters. The van der Waals surface area contributed by atoms with E-state index in [1.54, 1.807) is 36.4 Å². The Labute approximate surface area is 172 Å². The first-order valence-electron chi connectivity index (χ1n) is 8.58. The number of hydrazone groups is 1. The Morgan fingerprint density at radius 1 is 1.31 bits per heavy atom. The third-order valence-electron chi connectivity index (χ3n) is 3.57. The lowest BCUT2D eigenvalue weighted by atomic mass is 10.2. The SMILES string of the molecule is C=CCOc1ccc(/C=N\NC(=O)CSCc2cccc([N+](=O)[O-])c2)cc1OC. The lowest BCUT2D eigenvalue weighted by Gasteiger charge is -2.09. The number of non-ortho nitro benzene ring substituents is 1. The topological polar surface area (TPSA) is 103 Å². The zero-order valence-corrected chi connectivity index (χ0v) is 16.7. The van der Waals surface area contributed by atoms with Crippen molar-refractivity contribution < 1.29 is 19.2 Å². The van der Waals surface area contributed by atoms with Crippen molar-refractivity contribution in [2.24, 2.45) is 5.10 Å². The second-order valence-corrected chi connectivity index (χ2v) is 6.71. The molecule has 2 rings (SSSR count). The molecule has 8 nitrogen and oxygen atoms in total. The van der Waals surface area contributed by atoms with Crippen LogP contribution in [0.5, 0.6) is 11.5 Å². The Morgan fingerprint density at radius 2 is 2.14 bits per heavy atom. The molecule has 0 heterocycles. The van der Waals surface area contributed by atoms with Crippen molar-refractivity contribution in [2.45, 2.75) is 5.75 Å². The van der Waals surface area contributed by atoms with E-state index >= 15 is 0 Å². The summed E-state index contributed by atoms with van der Waals surface area (Å²) < 4.78 is 10.8. The van der Waals surface area contributed by atoms with Crippen LogP contribution in [0.4, 0.5) is 5.69 Å². The Kier molecular flexibility index (Phi) is 8.71. The van der Waals surface area contributed by atoms with Crippen molar-refractivity contribution in [1.82, 2.24) is 5.43 Å². The fraction of sp³-hybridized carbons (Fsp3) is 0.200. The fourth-order valence-electron chi connectivity index (χ4n) is 2.26. The van der Waals surface area contributed by atoms with Gasteiger partial charge >= 0.3 is 0 Å². The van der Waals surface area contributed by atoms with E-state index in [-0.39, 0.29) is 17.3 Å². The average molecular weight is 415 g/mol. The molecule has 0 aliphatic heterocycles. The van der Waals surface area contributed by atoms with E-state index in [1.165, 1.54) is 37.2 Å². The number of amides is 1. The van der Waals surface area contributed by atoms with Crippen LogP contribution in [-0.2, 0) is 10.5 Å². The van der Waals surface area contributed by atoms with E-state index in [2.05, 4.69) is 17.1 Å². The molecule has 0 fully saturated rings. The summed E-state index contributed by atoms with van der Waals surface area (Å²) in [5.41, 5.74) is 4.00. The van der Waals surface area contributed by atoms with E-state index in [0.717, 1.165) is 11.1 Å². The van der Waals surface area contributed by atoms with Gasteiger partial charge in [0, 0.05) is 17.9 Å². The average Bonchev–Trinajstić information content (AvgIpc) is 2.72. The lowest BCUT2D eigenvalue weighted by molar-refractivity contribution is -0.384. The number of nitrogens with one attached hydrogen (secondary N) is 1. The maximum atomic E-state index is 11.9. The third-order valence-corrected chi connectivity index (χ3v) is 4.57. The smallest absolute Gasteiger partial charge is 0.269 e. The van der Waals surface area contributed by atoms with Gasteiger partial charge in [0.25, 0.3) is 5.69 Å². The molecule has 2 aromatic carbocycles. The molecule has 9 heteroatoms. The second-order valence-electron chi connectivity index (χ2n) is 5.72. The molecule has 152 valence electrons. The van der Waals surface area contributed by atoms with Gasteiger partial charge in [0.15, 0.2) is 11.5 Å². The Bertz CT molecular complexity index is 901. The minimum Gasteiger partial charge on any atom is -0.493 e. The quantitative estimate of drug-likeness (QED) is 0.261. The number of methoxy groups -OCH3 is 1. The van der Waals surface area contributed by atoms with E-state index in [1.807, 2.05) is 0 Å². The van der Waals surface area contributed by atoms with Crippen LogP contribution in [0.2, 0.25) is 0 Å². The van der Waals surface area contributed by atoms with Crippen LogP contribution in [0.1, 0.15) is 11.1 Å². The molecule has 0 saturated heterocycles. The second kappa shape index (κ2) is 11.5. The summed E-state index contributed by atoms with van der Waals surface area (Å²) in [6, 6.07) is 11.6. The normalized spacial score (nSPS) is 10.5. The van der Waals surface area contributed by atoms with Gasteiger partial charge in [-0.1, -0.05) is 24.8 Å². The summed E-state index contributed by atoms with van der Waals surface area (Å²) in [7, 11) is 1.54. The molecule has 1 N–H and O–H groups in total. The van der Waals surface area contributed by atoms with E-state index in [0.29, 0.717) is 23.9 Å². The van der Waals surface area contributed by atoms with E-state index in [9.17, 15) is 14.9 Å². The summed E-state index contributed by atoms with van der Waals surface area (Å²) in [5.74, 6) is 1.54. The van der Waals surface area contributed by atoms with Crippen LogP contribution in [0, 0.1) is 10.1 Å². The molecule has 0 aliphatic carbocycles. The molecular formula is C20H21N3O5S. The molecule has 0 aromatic heterocycles. The molecule has 0 radical (unpaired) electrons. The van der Waals surface area contributed by atoms with Gasteiger partial charge in [-0.25, -0.2) is 5.43 Å². The standard InChI is InChI=1S/C20H21N3O5S/c1-3-9-28-18-8-7-15(11-19(18)27-2)12-21-22-20(24)14-29-13-16-5-4-6-17(10-16)23(25)26/h3-8,10-12H,1,9,13-14H2,2H3,(H,22,24)/b21-12-. The molecule has 29 heavy (non-hydrogen) atoms. The van der Waals surface area contributed by atoms with Gasteiger partial charge in [-0.05, 0) is 29.3 Å². The first-order valence-corrected chi connectivity index (χ1v) is 9.73. The molecule has 2 aromatic rings. The number of carbonyl (C=O) groups excluding carboxylic acids is 1. The molecule has 0 spiro atoms. The lowest BCUT2D eigenvalue weighted by Crippen LogP contribution is -2.19. The van der Waals surface area contributed by atoms with Gasteiger partial charge in [0.2, 0.25) is 5.91 Å². The van der Waals surface area contributed by atoms with Crippen molar-refractivity contribution in [3.8, 4) is 11.5 Å². The van der Waals surface area contributed by atoms with Crippen LogP contribution in [0.3, 0.4) is 0 Å². The molecule has 0 saturated carbocycles. The summed E-state index contributed by atoms with van der Waals surface area (Å²) in [5, 5.41) is 14.7. The summed E-state index contributed by atoms with van der Waals surface area (Å²) in [6.07, 6.45) is 3.14. The van der Waals surface area contributed by atoms with Crippen molar-refractivity contribution >= 4 is 29.6 Å². The van der Waals surface area contributed by atoms with Gasteiger partial charge in [0.05, 0.1) is 24.0 Å². The first kappa shape index (κ1) is 22.0. The molecule has 0 bridgehead atoms. The van der Waals surface area contributed by atoms with Crippen molar-refractivity contribution in [3.63, 3.8) is 0 Å². The zero-order valence-electron chi connectivity index (χ0n) is 15.9. The summed E-state index contributed by atoms with van der Waals surface area (Å²) >= 11 is 1.34. The number of thioether (sulfide) groups is 1. The Balaban J connectivity index is 1.81. The van der Waals surface area contributed by atoms with Crippen LogP contribution >= 0.6 is 11.8 Å². The Hall–Kier alpha value is -3.33. The van der Waals surface area contributed by atoms with Gasteiger partial charge in [-0.15, -0.1) is 11.8 Å². The molecular weight excluding hydrogens is 394 g/mol. The monoisotopic (exact) mass is 415 g/mol. The van der Waals surface area contributed by atoms with Crippen molar-refractivity contribution in [1.29, 1.82) is 0 Å². The predicted molar refractivity (Wildman–Crippen MR) is 114 cm³/mol. The summed E-state index contributed by atoms with van der Waals surface area (Å²) in [4.78, 5) is 22.2. The largest absolute Gasteiger partial charge is 0.493 e. The van der Waals surface area contributed by atoms with E-state index in [4.69, 9.17) is 9.47 Å². The zero-order chi connectivity index (χ0) is 21.1. The number of carbonyl (C=O) groups is 1. The fourth-order valence-corrected chi connectivity index (χ4v) is 3.03. The highest BCUT2D eigenvalue weighted by Crippen LogP contribution is 2.27. The maximum absolute atomic E-state index is 11.9. The highest BCUT2D eigenvalue weighted by atomic mass is 32.2. The number of ether oxygens (including phenoxy) is 2. The number of nitro groups is 1. The Morgan fingerprint density at radius 3 is 2.86 bits per heavy atom. The van der Waals surface area contributed by atoms with E-state index < -0.39 is 4.92 Å². The van der Waals surface area contributed by atoms with Crippen molar-refractivity contribution in [2.75, 3.05) is 19.5 Å². The molecule has 1 amide bonds. The number of nitrogens with zero attached hydrogens (tertiary/aromatic N) is 2.